The number of hydrogen-bond acceptors (Lipinski definition) is 5. The third-order valence-electron chi connectivity index (χ3n) is 5.68. The highest BCUT2D eigenvalue weighted by atomic mass is 16.4. The van der Waals surface area contributed by atoms with E-state index in [9.17, 15) is 4.79 Å². The molecule has 0 radical (unpaired) electrons. The lowest BCUT2D eigenvalue weighted by atomic mass is 10.1. The van der Waals surface area contributed by atoms with Gasteiger partial charge in [-0.25, -0.2) is 4.98 Å². The lowest BCUT2D eigenvalue weighted by Gasteiger charge is -2.08. The molecule has 7 heteroatoms. The summed E-state index contributed by atoms with van der Waals surface area (Å²) in [6.07, 6.45) is 3.74. The van der Waals surface area contributed by atoms with Gasteiger partial charge in [0.1, 0.15) is 5.82 Å². The van der Waals surface area contributed by atoms with E-state index in [4.69, 9.17) is 4.42 Å². The van der Waals surface area contributed by atoms with Gasteiger partial charge >= 0.3 is 0 Å². The minimum atomic E-state index is -0.184. The monoisotopic (exact) mass is 449 g/mol. The molecule has 0 bridgehead atoms. The smallest absolute Gasteiger partial charge is 0.255 e. The van der Waals surface area contributed by atoms with Gasteiger partial charge in [0, 0.05) is 41.3 Å². The van der Waals surface area contributed by atoms with Crippen LogP contribution in [-0.4, -0.2) is 25.7 Å². The number of aromatic nitrogens is 4. The van der Waals surface area contributed by atoms with Crippen LogP contribution in [0.4, 0.5) is 5.69 Å². The van der Waals surface area contributed by atoms with Crippen LogP contribution in [0.3, 0.4) is 0 Å². The van der Waals surface area contributed by atoms with Crippen LogP contribution in [0.15, 0.2) is 89.6 Å². The summed E-state index contributed by atoms with van der Waals surface area (Å²) in [6.45, 7) is 4.71. The van der Waals surface area contributed by atoms with Crippen molar-refractivity contribution in [2.75, 3.05) is 5.32 Å². The maximum Gasteiger partial charge on any atom is 0.255 e. The molecule has 2 heterocycles. The van der Waals surface area contributed by atoms with Gasteiger partial charge < -0.3 is 14.3 Å². The van der Waals surface area contributed by atoms with Crippen LogP contribution >= 0.6 is 0 Å². The van der Waals surface area contributed by atoms with E-state index in [2.05, 4.69) is 25.1 Å². The van der Waals surface area contributed by atoms with E-state index in [1.807, 2.05) is 68.6 Å². The molecule has 2 aromatic heterocycles. The number of carbonyl (C=O) groups excluding carboxylic acids is 1. The number of nitrogens with one attached hydrogen (secondary N) is 1. The molecule has 168 valence electrons. The predicted octanol–water partition coefficient (Wildman–Crippen LogP) is 5.52. The molecule has 1 N–H and O–H groups in total. The van der Waals surface area contributed by atoms with Crippen molar-refractivity contribution in [2.24, 2.45) is 0 Å². The Kier molecular flexibility index (Phi) is 5.74. The minimum Gasteiger partial charge on any atom is -0.416 e. The maximum atomic E-state index is 12.7. The van der Waals surface area contributed by atoms with Crippen LogP contribution < -0.4 is 5.32 Å². The number of aryl methyl sites for hydroxylation is 2. The zero-order valence-electron chi connectivity index (χ0n) is 18.9. The van der Waals surface area contributed by atoms with Crippen LogP contribution in [0.2, 0.25) is 0 Å². The van der Waals surface area contributed by atoms with E-state index < -0.39 is 0 Å². The number of rotatable bonds is 6. The molecule has 1 amide bonds. The van der Waals surface area contributed by atoms with E-state index in [0.717, 1.165) is 40.3 Å². The Balaban J connectivity index is 1.24. The van der Waals surface area contributed by atoms with Gasteiger partial charge in [-0.1, -0.05) is 30.3 Å². The summed E-state index contributed by atoms with van der Waals surface area (Å²) in [5, 5.41) is 11.3. The number of anilines is 1. The van der Waals surface area contributed by atoms with E-state index in [-0.39, 0.29) is 5.91 Å². The number of amides is 1. The summed E-state index contributed by atoms with van der Waals surface area (Å²) >= 11 is 0. The minimum absolute atomic E-state index is 0.184. The summed E-state index contributed by atoms with van der Waals surface area (Å²) < 4.78 is 7.93. The predicted molar refractivity (Wildman–Crippen MR) is 130 cm³/mol. The van der Waals surface area contributed by atoms with Crippen molar-refractivity contribution >= 4 is 11.6 Å². The summed E-state index contributed by atoms with van der Waals surface area (Å²) in [7, 11) is 0. The topological polar surface area (TPSA) is 85.8 Å². The molecule has 0 aliphatic carbocycles. The molecular formula is C27H23N5O2. The van der Waals surface area contributed by atoms with Gasteiger partial charge in [-0.3, -0.25) is 4.79 Å². The molecule has 0 saturated heterocycles. The number of carbonyl (C=O) groups is 1. The van der Waals surface area contributed by atoms with Gasteiger partial charge in [0.25, 0.3) is 5.91 Å². The Hall–Kier alpha value is -4.52. The van der Waals surface area contributed by atoms with Gasteiger partial charge in [-0.15, -0.1) is 10.2 Å². The van der Waals surface area contributed by atoms with Crippen LogP contribution in [-0.2, 0) is 6.54 Å². The molecule has 0 aliphatic heterocycles. The zero-order valence-corrected chi connectivity index (χ0v) is 18.9. The van der Waals surface area contributed by atoms with Crippen molar-refractivity contribution in [1.29, 1.82) is 0 Å². The van der Waals surface area contributed by atoms with Gasteiger partial charge in [0.15, 0.2) is 0 Å². The highest BCUT2D eigenvalue weighted by Gasteiger charge is 2.13. The molecule has 3 aromatic carbocycles. The Morgan fingerprint density at radius 1 is 0.912 bits per heavy atom. The molecule has 0 atom stereocenters. The largest absolute Gasteiger partial charge is 0.416 e. The van der Waals surface area contributed by atoms with Crippen molar-refractivity contribution in [3.05, 3.63) is 108 Å². The lowest BCUT2D eigenvalue weighted by Crippen LogP contribution is -2.11. The summed E-state index contributed by atoms with van der Waals surface area (Å²) in [5.41, 5.74) is 5.13. The van der Waals surface area contributed by atoms with Crippen molar-refractivity contribution in [1.82, 2.24) is 19.7 Å². The zero-order chi connectivity index (χ0) is 23.5. The molecule has 5 aromatic rings. The molecule has 0 saturated carbocycles. The number of imidazole rings is 1. The second-order valence-corrected chi connectivity index (χ2v) is 8.06. The fraction of sp³-hybridized carbons (Fsp3) is 0.111. The SMILES string of the molecule is Cc1ccccc1-c1nnc(-c2ccc(C(=O)Nc3ccc(Cn4ccnc4C)cc3)cc2)o1. The van der Waals surface area contributed by atoms with Crippen molar-refractivity contribution in [3.8, 4) is 22.9 Å². The van der Waals surface area contributed by atoms with Crippen molar-refractivity contribution in [3.63, 3.8) is 0 Å². The Bertz CT molecular complexity index is 1430. The third-order valence-corrected chi connectivity index (χ3v) is 5.68. The van der Waals surface area contributed by atoms with E-state index in [0.29, 0.717) is 17.3 Å². The Morgan fingerprint density at radius 3 is 2.35 bits per heavy atom. The first-order valence-electron chi connectivity index (χ1n) is 10.9. The Labute approximate surface area is 197 Å². The molecule has 0 unspecified atom stereocenters. The van der Waals surface area contributed by atoms with Crippen molar-refractivity contribution < 1.29 is 9.21 Å². The van der Waals surface area contributed by atoms with E-state index in [1.165, 1.54) is 0 Å². The molecule has 7 nitrogen and oxygen atoms in total. The molecule has 0 spiro atoms. The second-order valence-electron chi connectivity index (χ2n) is 8.06. The standard InChI is InChI=1S/C27H23N5O2/c1-18-5-3-4-6-24(18)27-31-30-26(34-27)22-11-9-21(10-12-22)25(33)29-23-13-7-20(8-14-23)17-32-16-15-28-19(32)2/h3-16H,17H2,1-2H3,(H,29,33). The van der Waals surface area contributed by atoms with Gasteiger partial charge in [-0.2, -0.15) is 0 Å². The van der Waals surface area contributed by atoms with Gasteiger partial charge in [0.05, 0.1) is 0 Å². The molecule has 0 aliphatic rings. The van der Waals surface area contributed by atoms with Crippen LogP contribution in [0.1, 0.15) is 27.3 Å². The summed E-state index contributed by atoms with van der Waals surface area (Å²) in [6, 6.07) is 22.8. The first kappa shape index (κ1) is 21.3. The van der Waals surface area contributed by atoms with Crippen LogP contribution in [0.25, 0.3) is 22.9 Å². The quantitative estimate of drug-likeness (QED) is 0.369. The summed E-state index contributed by atoms with van der Waals surface area (Å²) in [5.74, 6) is 1.67. The normalized spacial score (nSPS) is 10.9. The summed E-state index contributed by atoms with van der Waals surface area (Å²) in [4.78, 5) is 16.9. The van der Waals surface area contributed by atoms with Crippen LogP contribution in [0.5, 0.6) is 0 Å². The van der Waals surface area contributed by atoms with Crippen LogP contribution in [0, 0.1) is 13.8 Å². The maximum absolute atomic E-state index is 12.7. The highest BCUT2D eigenvalue weighted by molar-refractivity contribution is 6.04. The van der Waals surface area contributed by atoms with Gasteiger partial charge in [0.2, 0.25) is 11.8 Å². The second kappa shape index (κ2) is 9.15. The molecule has 34 heavy (non-hydrogen) atoms. The first-order chi connectivity index (χ1) is 16.6. The molecular weight excluding hydrogens is 426 g/mol. The number of nitrogens with zero attached hydrogens (tertiary/aromatic N) is 4. The first-order valence-corrected chi connectivity index (χ1v) is 10.9. The van der Waals surface area contributed by atoms with E-state index >= 15 is 0 Å². The fourth-order valence-electron chi connectivity index (χ4n) is 3.69. The fourth-order valence-corrected chi connectivity index (χ4v) is 3.69. The molecule has 5 rings (SSSR count). The highest BCUT2D eigenvalue weighted by Crippen LogP contribution is 2.26. The average molecular weight is 450 g/mol. The Morgan fingerprint density at radius 2 is 1.65 bits per heavy atom. The lowest BCUT2D eigenvalue weighted by molar-refractivity contribution is 0.102. The van der Waals surface area contributed by atoms with Crippen molar-refractivity contribution in [2.45, 2.75) is 20.4 Å². The number of hydrogen-bond donors (Lipinski definition) is 1. The average Bonchev–Trinajstić information content (AvgIpc) is 3.50. The number of benzene rings is 3. The third kappa shape index (κ3) is 4.49. The van der Waals surface area contributed by atoms with Gasteiger partial charge in [-0.05, 0) is 67.4 Å². The van der Waals surface area contributed by atoms with E-state index in [1.54, 1.807) is 30.5 Å². The molecule has 0 fully saturated rings.